The second kappa shape index (κ2) is 8.72. The summed E-state index contributed by atoms with van der Waals surface area (Å²) in [5.41, 5.74) is 1.96. The minimum absolute atomic E-state index is 0.0247. The quantitative estimate of drug-likeness (QED) is 0.580. The van der Waals surface area contributed by atoms with E-state index in [0.717, 1.165) is 55.8 Å². The summed E-state index contributed by atoms with van der Waals surface area (Å²) in [7, 11) is 0. The number of hydrogen-bond acceptors (Lipinski definition) is 7. The Kier molecular flexibility index (Phi) is 5.63. The standard InChI is InChI=1S/C23H28N6O3/c30-23(26-17-4-2-1-3-5-17)19-13-16-12-18(29(31)32)6-7-20(16)28-11-10-27(15-21(19)28)22-14-24-8-9-25-22/h6-9,12,14,17,19,21H,1-5,10-11,13,15H2,(H,26,30)/t19-,21-/m0/s1. The maximum atomic E-state index is 13.5. The fourth-order valence-electron chi connectivity index (χ4n) is 5.44. The first-order valence-corrected chi connectivity index (χ1v) is 11.5. The molecule has 0 spiro atoms. The number of anilines is 2. The van der Waals surface area contributed by atoms with Crippen molar-refractivity contribution in [2.75, 3.05) is 29.4 Å². The molecule has 2 aromatic rings. The number of nitro benzene ring substituents is 1. The van der Waals surface area contributed by atoms with Gasteiger partial charge in [0.1, 0.15) is 5.82 Å². The number of fused-ring (bicyclic) bond motifs is 3. The van der Waals surface area contributed by atoms with Crippen LogP contribution in [-0.4, -0.2) is 52.5 Å². The average Bonchev–Trinajstić information content (AvgIpc) is 2.84. The SMILES string of the molecule is O=C(NC1CCCCC1)[C@H]1Cc2cc([N+](=O)[O-])ccc2N2CCN(c3cnccn3)C[C@@H]12. The first-order valence-electron chi connectivity index (χ1n) is 11.5. The van der Waals surface area contributed by atoms with Crippen LogP contribution in [0.4, 0.5) is 17.2 Å². The molecular formula is C23H28N6O3. The number of carbonyl (C=O) groups excluding carboxylic acids is 1. The Morgan fingerprint density at radius 1 is 1.16 bits per heavy atom. The molecule has 0 radical (unpaired) electrons. The fraction of sp³-hybridized carbons (Fsp3) is 0.522. The molecule has 1 N–H and O–H groups in total. The third-order valence-corrected chi connectivity index (χ3v) is 7.07. The third-order valence-electron chi connectivity index (χ3n) is 7.07. The maximum absolute atomic E-state index is 13.5. The second-order valence-electron chi connectivity index (χ2n) is 8.99. The molecule has 2 aliphatic heterocycles. The minimum Gasteiger partial charge on any atom is -0.364 e. The van der Waals surface area contributed by atoms with Gasteiger partial charge < -0.3 is 15.1 Å². The lowest BCUT2D eigenvalue weighted by molar-refractivity contribution is -0.384. The van der Waals surface area contributed by atoms with Crippen molar-refractivity contribution in [1.82, 2.24) is 15.3 Å². The first-order chi connectivity index (χ1) is 15.6. The highest BCUT2D eigenvalue weighted by Gasteiger charge is 2.42. The molecule has 32 heavy (non-hydrogen) atoms. The second-order valence-corrected chi connectivity index (χ2v) is 8.99. The van der Waals surface area contributed by atoms with Gasteiger partial charge in [-0.1, -0.05) is 19.3 Å². The van der Waals surface area contributed by atoms with Crippen molar-refractivity contribution in [3.8, 4) is 0 Å². The summed E-state index contributed by atoms with van der Waals surface area (Å²) >= 11 is 0. The molecule has 9 nitrogen and oxygen atoms in total. The van der Waals surface area contributed by atoms with Gasteiger partial charge in [0.05, 0.1) is 23.1 Å². The number of amides is 1. The van der Waals surface area contributed by atoms with E-state index in [-0.39, 0.29) is 34.5 Å². The van der Waals surface area contributed by atoms with Gasteiger partial charge in [0.2, 0.25) is 5.91 Å². The van der Waals surface area contributed by atoms with Crippen LogP contribution in [0.25, 0.3) is 0 Å². The molecule has 5 rings (SSSR count). The number of nitrogens with one attached hydrogen (secondary N) is 1. The molecule has 168 valence electrons. The van der Waals surface area contributed by atoms with Crippen LogP contribution in [0, 0.1) is 16.0 Å². The summed E-state index contributed by atoms with van der Waals surface area (Å²) in [6.07, 6.45) is 11.2. The number of benzene rings is 1. The van der Waals surface area contributed by atoms with Crippen LogP contribution in [0.2, 0.25) is 0 Å². The van der Waals surface area contributed by atoms with Crippen molar-refractivity contribution in [3.05, 3.63) is 52.5 Å². The van der Waals surface area contributed by atoms with E-state index >= 15 is 0 Å². The molecule has 0 bridgehead atoms. The zero-order valence-electron chi connectivity index (χ0n) is 18.0. The van der Waals surface area contributed by atoms with Crippen molar-refractivity contribution in [1.29, 1.82) is 0 Å². The largest absolute Gasteiger partial charge is 0.364 e. The number of rotatable bonds is 4. The third kappa shape index (κ3) is 3.99. The Morgan fingerprint density at radius 3 is 2.75 bits per heavy atom. The summed E-state index contributed by atoms with van der Waals surface area (Å²) in [5, 5.41) is 14.6. The molecule has 3 heterocycles. The van der Waals surface area contributed by atoms with Gasteiger partial charge in [-0.25, -0.2) is 4.98 Å². The van der Waals surface area contributed by atoms with Gasteiger partial charge in [-0.15, -0.1) is 0 Å². The molecule has 0 unspecified atom stereocenters. The van der Waals surface area contributed by atoms with Gasteiger partial charge in [0.15, 0.2) is 0 Å². The van der Waals surface area contributed by atoms with Crippen LogP contribution < -0.4 is 15.1 Å². The molecule has 1 aromatic carbocycles. The topological polar surface area (TPSA) is 104 Å². The highest BCUT2D eigenvalue weighted by Crippen LogP contribution is 2.38. The van der Waals surface area contributed by atoms with E-state index in [9.17, 15) is 14.9 Å². The Balaban J connectivity index is 1.44. The summed E-state index contributed by atoms with van der Waals surface area (Å²) < 4.78 is 0. The normalized spacial score (nSPS) is 23.2. The van der Waals surface area contributed by atoms with Crippen LogP contribution in [0.1, 0.15) is 37.7 Å². The lowest BCUT2D eigenvalue weighted by atomic mass is 9.82. The van der Waals surface area contributed by atoms with E-state index < -0.39 is 0 Å². The van der Waals surface area contributed by atoms with Crippen LogP contribution in [-0.2, 0) is 11.2 Å². The molecule has 3 aliphatic rings. The molecule has 9 heteroatoms. The van der Waals surface area contributed by atoms with E-state index in [1.807, 2.05) is 6.07 Å². The summed E-state index contributed by atoms with van der Waals surface area (Å²) in [6, 6.07) is 5.25. The summed E-state index contributed by atoms with van der Waals surface area (Å²) in [6.45, 7) is 2.14. The number of non-ortho nitro benzene ring substituents is 1. The number of hydrogen-bond donors (Lipinski definition) is 1. The zero-order chi connectivity index (χ0) is 22.1. The van der Waals surface area contributed by atoms with Crippen LogP contribution in [0.5, 0.6) is 0 Å². The Bertz CT molecular complexity index is 994. The zero-order valence-corrected chi connectivity index (χ0v) is 18.0. The van der Waals surface area contributed by atoms with E-state index in [1.54, 1.807) is 30.7 Å². The number of aromatic nitrogens is 2. The van der Waals surface area contributed by atoms with E-state index in [0.29, 0.717) is 13.0 Å². The van der Waals surface area contributed by atoms with Gasteiger partial charge in [0, 0.05) is 55.9 Å². The smallest absolute Gasteiger partial charge is 0.269 e. The molecule has 1 saturated carbocycles. The van der Waals surface area contributed by atoms with Crippen LogP contribution >= 0.6 is 0 Å². The molecule has 1 saturated heterocycles. The fourth-order valence-corrected chi connectivity index (χ4v) is 5.44. The number of nitro groups is 1. The number of carbonyl (C=O) groups is 1. The van der Waals surface area contributed by atoms with Gasteiger partial charge in [-0.3, -0.25) is 19.9 Å². The van der Waals surface area contributed by atoms with Crippen molar-refractivity contribution in [2.45, 2.75) is 50.6 Å². The first kappa shape index (κ1) is 20.7. The van der Waals surface area contributed by atoms with Gasteiger partial charge >= 0.3 is 0 Å². The highest BCUT2D eigenvalue weighted by atomic mass is 16.6. The van der Waals surface area contributed by atoms with Crippen molar-refractivity contribution in [3.63, 3.8) is 0 Å². The number of piperazine rings is 1. The van der Waals surface area contributed by atoms with Crippen LogP contribution in [0.3, 0.4) is 0 Å². The number of nitrogens with zero attached hydrogens (tertiary/aromatic N) is 5. The van der Waals surface area contributed by atoms with Gasteiger partial charge in [-0.2, -0.15) is 0 Å². The summed E-state index contributed by atoms with van der Waals surface area (Å²) in [5.74, 6) is 0.601. The van der Waals surface area contributed by atoms with Gasteiger partial charge in [0.25, 0.3) is 5.69 Å². The van der Waals surface area contributed by atoms with Crippen molar-refractivity contribution >= 4 is 23.1 Å². The summed E-state index contributed by atoms with van der Waals surface area (Å²) in [4.78, 5) is 37.5. The van der Waals surface area contributed by atoms with E-state index in [1.165, 1.54) is 6.42 Å². The minimum atomic E-state index is -0.366. The molecule has 1 aromatic heterocycles. The van der Waals surface area contributed by atoms with Crippen molar-refractivity contribution in [2.24, 2.45) is 5.92 Å². The Morgan fingerprint density at radius 2 is 2.00 bits per heavy atom. The predicted molar refractivity (Wildman–Crippen MR) is 121 cm³/mol. The Hall–Kier alpha value is -3.23. The monoisotopic (exact) mass is 436 g/mol. The van der Waals surface area contributed by atoms with Crippen molar-refractivity contribution < 1.29 is 9.72 Å². The lowest BCUT2D eigenvalue weighted by Crippen LogP contribution is -2.62. The van der Waals surface area contributed by atoms with E-state index in [2.05, 4.69) is 25.1 Å². The molecule has 1 aliphatic carbocycles. The van der Waals surface area contributed by atoms with E-state index in [4.69, 9.17) is 0 Å². The predicted octanol–water partition coefficient (Wildman–Crippen LogP) is 2.70. The molecule has 2 fully saturated rings. The molecular weight excluding hydrogens is 408 g/mol. The molecule has 1 amide bonds. The maximum Gasteiger partial charge on any atom is 0.269 e. The molecule has 2 atom stereocenters. The lowest BCUT2D eigenvalue weighted by Gasteiger charge is -2.49. The average molecular weight is 437 g/mol. The Labute approximate surface area is 187 Å². The van der Waals surface area contributed by atoms with Crippen LogP contribution in [0.15, 0.2) is 36.8 Å². The van der Waals surface area contributed by atoms with Gasteiger partial charge in [-0.05, 0) is 30.9 Å². The highest BCUT2D eigenvalue weighted by molar-refractivity contribution is 5.83.